The number of methoxy groups -OCH3 is 1. The normalized spacial score (nSPS) is 13.8. The quantitative estimate of drug-likeness (QED) is 0.689. The van der Waals surface area contributed by atoms with Gasteiger partial charge in [-0.25, -0.2) is 4.79 Å². The molecule has 2 unspecified atom stereocenters. The van der Waals surface area contributed by atoms with Gasteiger partial charge in [-0.05, 0) is 20.3 Å². The number of aliphatic carboxylic acids is 1. The van der Waals surface area contributed by atoms with Crippen LogP contribution in [0.4, 0.5) is 4.79 Å². The highest BCUT2D eigenvalue weighted by atomic mass is 16.5. The molecule has 0 aromatic carbocycles. The Hall–Kier alpha value is -1.30. The molecule has 0 aliphatic carbocycles. The molecule has 6 heteroatoms. The number of carboxylic acids is 1. The van der Waals surface area contributed by atoms with Crippen molar-refractivity contribution in [1.82, 2.24) is 10.2 Å². The van der Waals surface area contributed by atoms with E-state index in [2.05, 4.69) is 5.32 Å². The maximum atomic E-state index is 11.9. The van der Waals surface area contributed by atoms with E-state index in [0.717, 1.165) is 6.42 Å². The highest BCUT2D eigenvalue weighted by Crippen LogP contribution is 2.03. The van der Waals surface area contributed by atoms with Gasteiger partial charge in [0.05, 0.1) is 12.5 Å². The van der Waals surface area contributed by atoms with E-state index < -0.39 is 12.1 Å². The summed E-state index contributed by atoms with van der Waals surface area (Å²) in [5, 5.41) is 11.4. The predicted octanol–water partition coefficient (Wildman–Crippen LogP) is 1.31. The minimum Gasteiger partial charge on any atom is -0.481 e. The zero-order valence-corrected chi connectivity index (χ0v) is 11.6. The molecule has 0 saturated heterocycles. The van der Waals surface area contributed by atoms with Gasteiger partial charge in [0.1, 0.15) is 0 Å². The molecule has 106 valence electrons. The van der Waals surface area contributed by atoms with Gasteiger partial charge in [0.2, 0.25) is 0 Å². The third-order valence-corrected chi connectivity index (χ3v) is 2.94. The smallest absolute Gasteiger partial charge is 0.317 e. The topological polar surface area (TPSA) is 78.9 Å². The van der Waals surface area contributed by atoms with Gasteiger partial charge in [-0.15, -0.1) is 0 Å². The lowest BCUT2D eigenvalue weighted by Crippen LogP contribution is -2.47. The van der Waals surface area contributed by atoms with Crippen molar-refractivity contribution in [1.29, 1.82) is 0 Å². The number of ether oxygens (including phenoxy) is 1. The summed E-state index contributed by atoms with van der Waals surface area (Å²) in [6.07, 6.45) is 0.262. The number of urea groups is 1. The van der Waals surface area contributed by atoms with Crippen LogP contribution in [0.2, 0.25) is 0 Å². The van der Waals surface area contributed by atoms with Crippen molar-refractivity contribution in [3.05, 3.63) is 0 Å². The molecule has 0 aromatic rings. The molecule has 2 amide bonds. The average molecular weight is 260 g/mol. The Morgan fingerprint density at radius 3 is 2.39 bits per heavy atom. The molecule has 0 aliphatic rings. The molecule has 0 saturated carbocycles. The van der Waals surface area contributed by atoms with Crippen LogP contribution in [-0.2, 0) is 9.53 Å². The van der Waals surface area contributed by atoms with Crippen LogP contribution in [0.1, 0.15) is 33.6 Å². The van der Waals surface area contributed by atoms with Crippen LogP contribution in [0.15, 0.2) is 0 Å². The molecule has 0 aliphatic heterocycles. The van der Waals surface area contributed by atoms with Crippen LogP contribution in [0, 0.1) is 0 Å². The Balaban J connectivity index is 4.24. The molecule has 2 atom stereocenters. The van der Waals surface area contributed by atoms with Gasteiger partial charge in [-0.1, -0.05) is 6.92 Å². The van der Waals surface area contributed by atoms with Gasteiger partial charge in [0, 0.05) is 26.2 Å². The second-order valence-electron chi connectivity index (χ2n) is 4.18. The molecule has 0 heterocycles. The summed E-state index contributed by atoms with van der Waals surface area (Å²) in [5.41, 5.74) is 0. The highest BCUT2D eigenvalue weighted by molar-refractivity contribution is 5.74. The Kier molecular flexibility index (Phi) is 8.11. The first-order valence-electron chi connectivity index (χ1n) is 6.25. The second-order valence-corrected chi connectivity index (χ2v) is 4.18. The van der Waals surface area contributed by atoms with Crippen molar-refractivity contribution < 1.29 is 19.4 Å². The molecule has 0 radical (unpaired) electrons. The number of nitrogens with zero attached hydrogens (tertiary/aromatic N) is 1. The van der Waals surface area contributed by atoms with Crippen LogP contribution in [0.25, 0.3) is 0 Å². The van der Waals surface area contributed by atoms with Gasteiger partial charge in [-0.2, -0.15) is 0 Å². The third-order valence-electron chi connectivity index (χ3n) is 2.94. The number of hydrogen-bond donors (Lipinski definition) is 2. The summed E-state index contributed by atoms with van der Waals surface area (Å²) in [7, 11) is 1.44. The Morgan fingerprint density at radius 1 is 1.39 bits per heavy atom. The van der Waals surface area contributed by atoms with Gasteiger partial charge in [0.25, 0.3) is 0 Å². The number of rotatable bonds is 8. The van der Waals surface area contributed by atoms with Gasteiger partial charge in [-0.3, -0.25) is 4.79 Å². The largest absolute Gasteiger partial charge is 0.481 e. The van der Waals surface area contributed by atoms with Crippen molar-refractivity contribution >= 4 is 12.0 Å². The fourth-order valence-corrected chi connectivity index (χ4v) is 1.61. The van der Waals surface area contributed by atoms with Crippen molar-refractivity contribution in [3.8, 4) is 0 Å². The lowest BCUT2D eigenvalue weighted by molar-refractivity contribution is -0.139. The molecule has 18 heavy (non-hydrogen) atoms. The van der Waals surface area contributed by atoms with Crippen LogP contribution in [-0.4, -0.2) is 54.4 Å². The second kappa shape index (κ2) is 8.74. The van der Waals surface area contributed by atoms with Crippen LogP contribution >= 0.6 is 0 Å². The minimum absolute atomic E-state index is 0.119. The summed E-state index contributed by atoms with van der Waals surface area (Å²) < 4.78 is 5.00. The number of hydrogen-bond acceptors (Lipinski definition) is 3. The maximum absolute atomic E-state index is 11.9. The van der Waals surface area contributed by atoms with E-state index in [-0.39, 0.29) is 25.0 Å². The van der Waals surface area contributed by atoms with E-state index in [1.807, 2.05) is 20.8 Å². The minimum atomic E-state index is -0.939. The monoisotopic (exact) mass is 260 g/mol. The van der Waals surface area contributed by atoms with E-state index in [0.29, 0.717) is 6.54 Å². The SMILES string of the molecule is CCC(C)N(CC)C(=O)NCC(CC(=O)O)OC. The predicted molar refractivity (Wildman–Crippen MR) is 68.6 cm³/mol. The highest BCUT2D eigenvalue weighted by Gasteiger charge is 2.19. The van der Waals surface area contributed by atoms with Crippen LogP contribution < -0.4 is 5.32 Å². The van der Waals surface area contributed by atoms with Gasteiger partial charge >= 0.3 is 12.0 Å². The summed E-state index contributed by atoms with van der Waals surface area (Å²) in [4.78, 5) is 24.2. The average Bonchev–Trinajstić information content (AvgIpc) is 2.34. The van der Waals surface area contributed by atoms with Gasteiger partial charge in [0.15, 0.2) is 0 Å². The standard InChI is InChI=1S/C12H24N2O4/c1-5-9(3)14(6-2)12(17)13-8-10(18-4)7-11(15)16/h9-10H,5-8H2,1-4H3,(H,13,17)(H,15,16). The van der Waals surface area contributed by atoms with Crippen LogP contribution in [0.3, 0.4) is 0 Å². The van der Waals surface area contributed by atoms with E-state index >= 15 is 0 Å². The fourth-order valence-electron chi connectivity index (χ4n) is 1.61. The molecular formula is C12H24N2O4. The molecule has 6 nitrogen and oxygen atoms in total. The van der Waals surface area contributed by atoms with Gasteiger partial charge < -0.3 is 20.1 Å². The number of nitrogens with one attached hydrogen (secondary N) is 1. The first-order valence-corrected chi connectivity index (χ1v) is 6.25. The number of carbonyl (C=O) groups is 2. The first kappa shape index (κ1) is 16.7. The molecule has 2 N–H and O–H groups in total. The Bertz CT molecular complexity index is 271. The van der Waals surface area contributed by atoms with Crippen molar-refractivity contribution in [2.45, 2.75) is 45.8 Å². The summed E-state index contributed by atoms with van der Waals surface area (Å²) >= 11 is 0. The van der Waals surface area contributed by atoms with Crippen LogP contribution in [0.5, 0.6) is 0 Å². The lowest BCUT2D eigenvalue weighted by atomic mass is 10.2. The molecule has 0 bridgehead atoms. The third kappa shape index (κ3) is 5.86. The van der Waals surface area contributed by atoms with Crippen molar-refractivity contribution in [2.75, 3.05) is 20.2 Å². The molecule has 0 fully saturated rings. The van der Waals surface area contributed by atoms with E-state index in [1.54, 1.807) is 4.90 Å². The summed E-state index contributed by atoms with van der Waals surface area (Å²) in [5.74, 6) is -0.939. The first-order chi connectivity index (χ1) is 8.46. The number of amides is 2. The molecule has 0 spiro atoms. The van der Waals surface area contributed by atoms with E-state index in [1.165, 1.54) is 7.11 Å². The zero-order chi connectivity index (χ0) is 14.1. The van der Waals surface area contributed by atoms with E-state index in [4.69, 9.17) is 9.84 Å². The van der Waals surface area contributed by atoms with E-state index in [9.17, 15) is 9.59 Å². The molecular weight excluding hydrogens is 236 g/mol. The number of carbonyl (C=O) groups excluding carboxylic acids is 1. The molecule has 0 rings (SSSR count). The summed E-state index contributed by atoms with van der Waals surface area (Å²) in [6, 6.07) is -0.0187. The Morgan fingerprint density at radius 2 is 2.00 bits per heavy atom. The van der Waals surface area contributed by atoms with Crippen molar-refractivity contribution in [3.63, 3.8) is 0 Å². The number of carboxylic acid groups (broad SMARTS) is 1. The van der Waals surface area contributed by atoms with Crippen molar-refractivity contribution in [2.24, 2.45) is 0 Å². The summed E-state index contributed by atoms with van der Waals surface area (Å²) in [6.45, 7) is 6.74. The Labute approximate surface area is 108 Å². The maximum Gasteiger partial charge on any atom is 0.317 e. The fraction of sp³-hybridized carbons (Fsp3) is 0.833. The molecule has 0 aromatic heterocycles. The lowest BCUT2D eigenvalue weighted by Gasteiger charge is -2.28. The zero-order valence-electron chi connectivity index (χ0n) is 11.6.